The smallest absolute Gasteiger partial charge is 0.300 e. The number of methoxy groups -OCH3 is 2. The van der Waals surface area contributed by atoms with Crippen LogP contribution in [-0.2, 0) is 9.59 Å². The van der Waals surface area contributed by atoms with E-state index in [0.717, 1.165) is 0 Å². The summed E-state index contributed by atoms with van der Waals surface area (Å²) in [5.41, 5.74) is 1.37. The van der Waals surface area contributed by atoms with Crippen molar-refractivity contribution in [2.24, 2.45) is 0 Å². The Balaban J connectivity index is 1.99. The van der Waals surface area contributed by atoms with E-state index in [4.69, 9.17) is 14.7 Å². The van der Waals surface area contributed by atoms with Crippen molar-refractivity contribution in [1.29, 1.82) is 5.26 Å². The summed E-state index contributed by atoms with van der Waals surface area (Å²) in [6.07, 6.45) is 3.10. The molecule has 0 aliphatic carbocycles. The molecule has 1 unspecified atom stereocenters. The number of hydrogen-bond acceptors (Lipinski definition) is 7. The highest BCUT2D eigenvalue weighted by Crippen LogP contribution is 2.44. The van der Waals surface area contributed by atoms with Gasteiger partial charge in [0.1, 0.15) is 22.8 Å². The highest BCUT2D eigenvalue weighted by atomic mass is 16.5. The van der Waals surface area contributed by atoms with E-state index >= 15 is 0 Å². The molecular formula is C25H19N3O5. The lowest BCUT2D eigenvalue weighted by molar-refractivity contribution is -0.132. The Kier molecular flexibility index (Phi) is 5.79. The number of ether oxygens (including phenoxy) is 2. The first-order valence-corrected chi connectivity index (χ1v) is 9.94. The van der Waals surface area contributed by atoms with Gasteiger partial charge in [0, 0.05) is 18.1 Å². The van der Waals surface area contributed by atoms with Crippen LogP contribution in [0.4, 0.5) is 5.69 Å². The predicted octanol–water partition coefficient (Wildman–Crippen LogP) is 3.60. The molecule has 0 saturated carbocycles. The lowest BCUT2D eigenvalue weighted by Gasteiger charge is -2.25. The number of anilines is 1. The summed E-state index contributed by atoms with van der Waals surface area (Å²) in [6, 6.07) is 15.6. The predicted molar refractivity (Wildman–Crippen MR) is 120 cm³/mol. The number of aliphatic hydroxyl groups is 1. The number of Topliss-reactive ketones (excluding diaryl/α,β-unsaturated/α-hetero) is 1. The van der Waals surface area contributed by atoms with Crippen LogP contribution in [0.15, 0.2) is 72.6 Å². The summed E-state index contributed by atoms with van der Waals surface area (Å²) in [6.45, 7) is 0. The summed E-state index contributed by atoms with van der Waals surface area (Å²) in [4.78, 5) is 31.8. The molecule has 1 aliphatic heterocycles. The SMILES string of the molecule is COc1cccc(OC)c1/C(O)=C1\C(=O)C(=O)N(c2ccc(C#N)cc2)C1c1cccnc1. The molecular weight excluding hydrogens is 422 g/mol. The average Bonchev–Trinajstić information content (AvgIpc) is 3.13. The largest absolute Gasteiger partial charge is 0.506 e. The maximum atomic E-state index is 13.2. The molecule has 0 bridgehead atoms. The third-order valence-electron chi connectivity index (χ3n) is 5.38. The minimum absolute atomic E-state index is 0.125. The van der Waals surface area contributed by atoms with E-state index in [1.165, 1.54) is 25.3 Å². The molecule has 8 heteroatoms. The van der Waals surface area contributed by atoms with Crippen molar-refractivity contribution in [2.45, 2.75) is 6.04 Å². The number of rotatable bonds is 5. The van der Waals surface area contributed by atoms with Gasteiger partial charge in [-0.05, 0) is 48.0 Å². The first kappa shape index (κ1) is 21.6. The van der Waals surface area contributed by atoms with Crippen molar-refractivity contribution in [3.8, 4) is 17.6 Å². The van der Waals surface area contributed by atoms with E-state index in [-0.39, 0.29) is 22.6 Å². The van der Waals surface area contributed by atoms with Gasteiger partial charge in [0.15, 0.2) is 0 Å². The van der Waals surface area contributed by atoms with E-state index in [9.17, 15) is 14.7 Å². The third kappa shape index (κ3) is 3.66. The fourth-order valence-corrected chi connectivity index (χ4v) is 3.87. The standard InChI is InChI=1S/C25H19N3O5/c1-32-18-6-3-7-19(33-2)20(18)23(29)21-22(16-5-4-12-27-14-16)28(25(31)24(21)30)17-10-8-15(13-26)9-11-17/h3-12,14,22,29H,1-2H3/b23-21+. The highest BCUT2D eigenvalue weighted by molar-refractivity contribution is 6.51. The fraction of sp³-hybridized carbons (Fsp3) is 0.120. The first-order valence-electron chi connectivity index (χ1n) is 9.94. The summed E-state index contributed by atoms with van der Waals surface area (Å²) < 4.78 is 10.8. The van der Waals surface area contributed by atoms with E-state index in [0.29, 0.717) is 16.8 Å². The van der Waals surface area contributed by atoms with Crippen molar-refractivity contribution in [2.75, 3.05) is 19.1 Å². The Bertz CT molecular complexity index is 1270. The molecule has 4 rings (SSSR count). The third-order valence-corrected chi connectivity index (χ3v) is 5.38. The van der Waals surface area contributed by atoms with E-state index in [2.05, 4.69) is 4.98 Å². The van der Waals surface area contributed by atoms with Crippen LogP contribution in [-0.4, -0.2) is 36.0 Å². The normalized spacial score (nSPS) is 17.0. The molecule has 1 atom stereocenters. The van der Waals surface area contributed by atoms with Gasteiger partial charge >= 0.3 is 0 Å². The molecule has 8 nitrogen and oxygen atoms in total. The number of aromatic nitrogens is 1. The molecule has 1 fully saturated rings. The second kappa shape index (κ2) is 8.85. The molecule has 0 radical (unpaired) electrons. The van der Waals surface area contributed by atoms with Crippen LogP contribution in [0.5, 0.6) is 11.5 Å². The van der Waals surface area contributed by atoms with Gasteiger partial charge in [-0.1, -0.05) is 12.1 Å². The number of ketones is 1. The molecule has 1 saturated heterocycles. The van der Waals surface area contributed by atoms with Crippen molar-refractivity contribution >= 4 is 23.1 Å². The number of carbonyl (C=O) groups excluding carboxylic acids is 2. The van der Waals surface area contributed by atoms with Gasteiger partial charge in [0.05, 0.1) is 37.5 Å². The van der Waals surface area contributed by atoms with Gasteiger partial charge in [0.25, 0.3) is 11.7 Å². The van der Waals surface area contributed by atoms with Gasteiger partial charge in [0.2, 0.25) is 0 Å². The quantitative estimate of drug-likeness (QED) is 0.366. The lowest BCUT2D eigenvalue weighted by atomic mass is 9.95. The molecule has 2 aromatic carbocycles. The minimum atomic E-state index is -0.957. The summed E-state index contributed by atoms with van der Waals surface area (Å²) in [5.74, 6) is -1.54. The highest BCUT2D eigenvalue weighted by Gasteiger charge is 2.47. The van der Waals surface area contributed by atoms with Crippen molar-refractivity contribution in [1.82, 2.24) is 4.98 Å². The van der Waals surface area contributed by atoms with Crippen LogP contribution < -0.4 is 14.4 Å². The van der Waals surface area contributed by atoms with Crippen LogP contribution in [0.1, 0.15) is 22.7 Å². The zero-order chi connectivity index (χ0) is 23.5. The van der Waals surface area contributed by atoms with Crippen molar-refractivity contribution in [3.05, 3.63) is 89.3 Å². The first-order chi connectivity index (χ1) is 16.0. The fourth-order valence-electron chi connectivity index (χ4n) is 3.87. The number of hydrogen-bond donors (Lipinski definition) is 1. The number of pyridine rings is 1. The topological polar surface area (TPSA) is 113 Å². The molecule has 0 spiro atoms. The summed E-state index contributed by atoms with van der Waals surface area (Å²) in [5, 5.41) is 20.5. The van der Waals surface area contributed by atoms with Crippen LogP contribution in [0.2, 0.25) is 0 Å². The Morgan fingerprint density at radius 1 is 1.03 bits per heavy atom. The van der Waals surface area contributed by atoms with Crippen LogP contribution in [0, 0.1) is 11.3 Å². The van der Waals surface area contributed by atoms with E-state index < -0.39 is 23.5 Å². The maximum absolute atomic E-state index is 13.2. The van der Waals surface area contributed by atoms with Gasteiger partial charge < -0.3 is 14.6 Å². The van der Waals surface area contributed by atoms with E-state index in [1.807, 2.05) is 6.07 Å². The van der Waals surface area contributed by atoms with Crippen LogP contribution in [0.3, 0.4) is 0 Å². The molecule has 164 valence electrons. The van der Waals surface area contributed by atoms with Crippen LogP contribution >= 0.6 is 0 Å². The average molecular weight is 441 g/mol. The van der Waals surface area contributed by atoms with Crippen molar-refractivity contribution in [3.63, 3.8) is 0 Å². The number of nitriles is 1. The molecule has 3 aromatic rings. The van der Waals surface area contributed by atoms with Crippen LogP contribution in [0.25, 0.3) is 5.76 Å². The number of benzene rings is 2. The number of aliphatic hydroxyl groups excluding tert-OH is 1. The monoisotopic (exact) mass is 441 g/mol. The summed E-state index contributed by atoms with van der Waals surface area (Å²) in [7, 11) is 2.86. The van der Waals surface area contributed by atoms with Gasteiger partial charge in [-0.2, -0.15) is 5.26 Å². The molecule has 1 aliphatic rings. The Morgan fingerprint density at radius 2 is 1.70 bits per heavy atom. The zero-order valence-corrected chi connectivity index (χ0v) is 17.9. The maximum Gasteiger partial charge on any atom is 0.300 e. The summed E-state index contributed by atoms with van der Waals surface area (Å²) >= 11 is 0. The zero-order valence-electron chi connectivity index (χ0n) is 17.9. The Hall–Kier alpha value is -4.64. The number of nitrogens with zero attached hydrogens (tertiary/aromatic N) is 3. The molecule has 33 heavy (non-hydrogen) atoms. The Labute approximate surface area is 189 Å². The second-order valence-corrected chi connectivity index (χ2v) is 7.15. The van der Waals surface area contributed by atoms with Gasteiger partial charge in [-0.25, -0.2) is 0 Å². The molecule has 1 amide bonds. The second-order valence-electron chi connectivity index (χ2n) is 7.15. The minimum Gasteiger partial charge on any atom is -0.506 e. The lowest BCUT2D eigenvalue weighted by Crippen LogP contribution is -2.29. The number of amides is 1. The molecule has 1 N–H and O–H groups in total. The number of carbonyl (C=O) groups is 2. The molecule has 2 heterocycles. The molecule has 1 aromatic heterocycles. The van der Waals surface area contributed by atoms with E-state index in [1.54, 1.807) is 60.8 Å². The Morgan fingerprint density at radius 3 is 2.24 bits per heavy atom. The van der Waals surface area contributed by atoms with Crippen molar-refractivity contribution < 1.29 is 24.2 Å². The van der Waals surface area contributed by atoms with Gasteiger partial charge in [-0.15, -0.1) is 0 Å². The van der Waals surface area contributed by atoms with Gasteiger partial charge in [-0.3, -0.25) is 19.5 Å².